The number of benzene rings is 2. The van der Waals surface area contributed by atoms with Gasteiger partial charge < -0.3 is 14.5 Å². The van der Waals surface area contributed by atoms with Crippen LogP contribution in [0, 0.1) is 6.92 Å². The van der Waals surface area contributed by atoms with Crippen molar-refractivity contribution in [3.8, 4) is 5.75 Å². The van der Waals surface area contributed by atoms with Crippen LogP contribution < -0.4 is 9.64 Å². The van der Waals surface area contributed by atoms with Crippen LogP contribution in [-0.4, -0.2) is 70.4 Å². The van der Waals surface area contributed by atoms with Crippen LogP contribution in [0.15, 0.2) is 60.9 Å². The van der Waals surface area contributed by atoms with Crippen molar-refractivity contribution in [2.75, 3.05) is 37.7 Å². The topological polar surface area (TPSA) is 78.9 Å². The molecule has 0 unspecified atom stereocenters. The lowest BCUT2D eigenvalue weighted by Crippen LogP contribution is -2.41. The second kappa shape index (κ2) is 12.6. The number of rotatable bonds is 6. The van der Waals surface area contributed by atoms with Gasteiger partial charge in [0.15, 0.2) is 6.61 Å². The van der Waals surface area contributed by atoms with Gasteiger partial charge in [0.2, 0.25) is 0 Å². The zero-order valence-electron chi connectivity index (χ0n) is 23.8. The molecule has 0 N–H and O–H groups in total. The Balaban J connectivity index is 1.45. The molecule has 2 aromatic carbocycles. The molecule has 0 spiro atoms. The van der Waals surface area contributed by atoms with E-state index in [1.54, 1.807) is 12.4 Å². The highest BCUT2D eigenvalue weighted by molar-refractivity contribution is 5.96. The van der Waals surface area contributed by atoms with Crippen molar-refractivity contribution in [1.82, 2.24) is 19.8 Å². The highest BCUT2D eigenvalue weighted by Gasteiger charge is 2.28. The van der Waals surface area contributed by atoms with Crippen LogP contribution in [0.5, 0.6) is 5.75 Å². The van der Waals surface area contributed by atoms with Crippen LogP contribution in [0.2, 0.25) is 0 Å². The summed E-state index contributed by atoms with van der Waals surface area (Å²) >= 11 is 0. The second-order valence-corrected chi connectivity index (χ2v) is 11.0. The first-order valence-electron chi connectivity index (χ1n) is 14.3. The van der Waals surface area contributed by atoms with Gasteiger partial charge in [0.05, 0.1) is 11.3 Å². The zero-order chi connectivity index (χ0) is 28.1. The molecule has 1 fully saturated rings. The summed E-state index contributed by atoms with van der Waals surface area (Å²) in [6.07, 6.45) is 6.39. The largest absolute Gasteiger partial charge is 0.484 e. The Morgan fingerprint density at radius 3 is 2.40 bits per heavy atom. The van der Waals surface area contributed by atoms with E-state index in [0.29, 0.717) is 42.9 Å². The molecule has 1 aliphatic heterocycles. The molecular formula is C32H39N5O3. The van der Waals surface area contributed by atoms with Crippen molar-refractivity contribution >= 4 is 17.5 Å². The molecule has 5 rings (SSSR count). The molecule has 0 atom stereocenters. The Kier molecular flexibility index (Phi) is 8.75. The number of aryl methyl sites for hydroxylation is 1. The van der Waals surface area contributed by atoms with E-state index < -0.39 is 0 Å². The van der Waals surface area contributed by atoms with Crippen molar-refractivity contribution in [1.29, 1.82) is 0 Å². The van der Waals surface area contributed by atoms with Crippen molar-refractivity contribution in [2.45, 2.75) is 58.5 Å². The van der Waals surface area contributed by atoms with Gasteiger partial charge in [-0.05, 0) is 63.3 Å². The maximum absolute atomic E-state index is 13.8. The van der Waals surface area contributed by atoms with Gasteiger partial charge in [-0.15, -0.1) is 0 Å². The normalized spacial score (nSPS) is 16.8. The van der Waals surface area contributed by atoms with Crippen LogP contribution in [-0.2, 0) is 11.3 Å². The summed E-state index contributed by atoms with van der Waals surface area (Å²) in [4.78, 5) is 42.6. The van der Waals surface area contributed by atoms with E-state index in [1.165, 1.54) is 0 Å². The summed E-state index contributed by atoms with van der Waals surface area (Å²) in [6, 6.07) is 15.8. The van der Waals surface area contributed by atoms with Gasteiger partial charge in [-0.3, -0.25) is 14.5 Å². The molecule has 2 aliphatic rings. The molecule has 1 saturated carbocycles. The first-order valence-corrected chi connectivity index (χ1v) is 14.3. The molecule has 8 heteroatoms. The van der Waals surface area contributed by atoms with Crippen molar-refractivity contribution < 1.29 is 14.3 Å². The molecule has 0 bridgehead atoms. The molecule has 1 aromatic heterocycles. The van der Waals surface area contributed by atoms with Gasteiger partial charge in [-0.1, -0.05) is 36.4 Å². The lowest BCUT2D eigenvalue weighted by molar-refractivity contribution is -0.120. The summed E-state index contributed by atoms with van der Waals surface area (Å²) < 4.78 is 5.86. The number of hydrogen-bond acceptors (Lipinski definition) is 6. The first-order chi connectivity index (χ1) is 19.4. The summed E-state index contributed by atoms with van der Waals surface area (Å²) in [7, 11) is 0. The summed E-state index contributed by atoms with van der Waals surface area (Å²) in [6.45, 7) is 9.40. The number of carbonyl (C=O) groups is 2. The minimum atomic E-state index is -0.100. The summed E-state index contributed by atoms with van der Waals surface area (Å²) in [5.74, 6) is 1.73. The van der Waals surface area contributed by atoms with Gasteiger partial charge in [-0.2, -0.15) is 0 Å². The number of nitrogens with zero attached hydrogens (tertiary/aromatic N) is 5. The lowest BCUT2D eigenvalue weighted by Gasteiger charge is -2.30. The van der Waals surface area contributed by atoms with Gasteiger partial charge in [0.25, 0.3) is 11.8 Å². The third-order valence-corrected chi connectivity index (χ3v) is 7.72. The fourth-order valence-corrected chi connectivity index (χ4v) is 5.29. The molecule has 2 heterocycles. The summed E-state index contributed by atoms with van der Waals surface area (Å²) in [5.41, 5.74) is 3.29. The standard InChI is InChI=1S/C32H39N5O3/c1-23(2)35-15-8-16-37(29(38)22-40-28-11-5-4-6-12-28)30-24(3)9-7-10-26(30)21-36(18-17-35)32(39)27-19-33-31(34-20-27)25-13-14-25/h4-7,9-12,19-20,23,25H,8,13-18,21-22H2,1-3H3. The number of aromatic nitrogens is 2. The van der Waals surface area contributed by atoms with Gasteiger partial charge in [-0.25, -0.2) is 9.97 Å². The second-order valence-electron chi connectivity index (χ2n) is 11.0. The molecule has 2 amide bonds. The fraction of sp³-hybridized carbons (Fsp3) is 0.438. The number of fused-ring (bicyclic) bond motifs is 1. The number of amides is 2. The number of ether oxygens (including phenoxy) is 1. The number of para-hydroxylation sites is 2. The minimum Gasteiger partial charge on any atom is -0.484 e. The van der Waals surface area contributed by atoms with E-state index in [9.17, 15) is 9.59 Å². The average Bonchev–Trinajstić information content (AvgIpc) is 3.81. The molecule has 8 nitrogen and oxygen atoms in total. The number of hydrogen-bond donors (Lipinski definition) is 0. The predicted molar refractivity (Wildman–Crippen MR) is 156 cm³/mol. The number of anilines is 1. The van der Waals surface area contributed by atoms with Crippen LogP contribution in [0.4, 0.5) is 5.69 Å². The minimum absolute atomic E-state index is 0.0565. The van der Waals surface area contributed by atoms with E-state index in [0.717, 1.165) is 55.0 Å². The lowest BCUT2D eigenvalue weighted by atomic mass is 10.0. The zero-order valence-corrected chi connectivity index (χ0v) is 23.8. The highest BCUT2D eigenvalue weighted by Crippen LogP contribution is 2.37. The van der Waals surface area contributed by atoms with E-state index in [4.69, 9.17) is 4.74 Å². The number of carbonyl (C=O) groups excluding carboxylic acids is 2. The van der Waals surface area contributed by atoms with Crippen LogP contribution in [0.3, 0.4) is 0 Å². The van der Waals surface area contributed by atoms with Crippen LogP contribution in [0.25, 0.3) is 0 Å². The quantitative estimate of drug-likeness (QED) is 0.445. The maximum atomic E-state index is 13.8. The van der Waals surface area contributed by atoms with Gasteiger partial charge >= 0.3 is 0 Å². The average molecular weight is 542 g/mol. The Labute approximate surface area is 237 Å². The molecule has 1 aliphatic carbocycles. The fourth-order valence-electron chi connectivity index (χ4n) is 5.29. The van der Waals surface area contributed by atoms with E-state index in [2.05, 4.69) is 28.7 Å². The SMILES string of the molecule is Cc1cccc2c1N(C(=O)COc1ccccc1)CCCN(C(C)C)CCN(C(=O)c1cnc(C3CC3)nc1)C2. The van der Waals surface area contributed by atoms with Crippen molar-refractivity contribution in [3.63, 3.8) is 0 Å². The third-order valence-electron chi connectivity index (χ3n) is 7.72. The first kappa shape index (κ1) is 27.8. The van der Waals surface area contributed by atoms with E-state index in [-0.39, 0.29) is 18.4 Å². The maximum Gasteiger partial charge on any atom is 0.264 e. The van der Waals surface area contributed by atoms with E-state index >= 15 is 0 Å². The molecule has 0 radical (unpaired) electrons. The van der Waals surface area contributed by atoms with Crippen LogP contribution in [0.1, 0.15) is 66.3 Å². The molecule has 0 saturated heterocycles. The highest BCUT2D eigenvalue weighted by atomic mass is 16.5. The van der Waals surface area contributed by atoms with Crippen molar-refractivity contribution in [2.24, 2.45) is 0 Å². The Hall–Kier alpha value is -3.78. The third kappa shape index (κ3) is 6.67. The van der Waals surface area contributed by atoms with Gasteiger partial charge in [0, 0.05) is 57.1 Å². The molecule has 210 valence electrons. The molecule has 40 heavy (non-hydrogen) atoms. The monoisotopic (exact) mass is 541 g/mol. The Morgan fingerprint density at radius 2 is 1.70 bits per heavy atom. The molecular weight excluding hydrogens is 502 g/mol. The predicted octanol–water partition coefficient (Wildman–Crippen LogP) is 4.83. The molecule has 3 aromatic rings. The van der Waals surface area contributed by atoms with Gasteiger partial charge in [0.1, 0.15) is 11.6 Å². The van der Waals surface area contributed by atoms with E-state index in [1.807, 2.05) is 65.3 Å². The summed E-state index contributed by atoms with van der Waals surface area (Å²) in [5, 5.41) is 0. The van der Waals surface area contributed by atoms with Crippen molar-refractivity contribution in [3.05, 3.63) is 83.4 Å². The Morgan fingerprint density at radius 1 is 0.950 bits per heavy atom. The van der Waals surface area contributed by atoms with Crippen LogP contribution >= 0.6 is 0 Å². The smallest absolute Gasteiger partial charge is 0.264 e. The Bertz CT molecular complexity index is 1310.